The molecule has 1 aromatic heterocycles. The third kappa shape index (κ3) is 7.95. The number of amides is 1. The topological polar surface area (TPSA) is 124 Å². The molecule has 1 saturated heterocycles. The number of sulfonamides is 1. The molecule has 2 aromatic rings. The first-order chi connectivity index (χ1) is 18.9. The van der Waals surface area contributed by atoms with Crippen molar-refractivity contribution in [3.05, 3.63) is 83.8 Å². The minimum Gasteiger partial charge on any atom is -0.490 e. The Morgan fingerprint density at radius 2 is 1.93 bits per heavy atom. The van der Waals surface area contributed by atoms with Crippen molar-refractivity contribution in [2.45, 2.75) is 69.8 Å². The molecule has 0 radical (unpaired) electrons. The monoisotopic (exact) mass is 568 g/mol. The van der Waals surface area contributed by atoms with E-state index in [4.69, 9.17) is 14.2 Å². The molecule has 40 heavy (non-hydrogen) atoms. The van der Waals surface area contributed by atoms with Crippen LogP contribution < -0.4 is 18.9 Å². The van der Waals surface area contributed by atoms with Crippen molar-refractivity contribution < 1.29 is 32.5 Å². The second-order valence-corrected chi connectivity index (χ2v) is 12.5. The summed E-state index contributed by atoms with van der Waals surface area (Å²) in [5.41, 5.74) is 1.25. The number of aliphatic hydroxyl groups is 1. The van der Waals surface area contributed by atoms with Crippen molar-refractivity contribution in [1.29, 1.82) is 0 Å². The first-order valence-corrected chi connectivity index (χ1v) is 14.8. The highest BCUT2D eigenvalue weighted by atomic mass is 32.2. The van der Waals surface area contributed by atoms with E-state index in [9.17, 15) is 18.3 Å². The molecule has 10 heteroatoms. The molecule has 1 aliphatic carbocycles. The van der Waals surface area contributed by atoms with Gasteiger partial charge in [-0.15, -0.1) is 0 Å². The van der Waals surface area contributed by atoms with Crippen molar-refractivity contribution in [3.63, 3.8) is 0 Å². The molecule has 1 aromatic carbocycles. The quantitative estimate of drug-likeness (QED) is 0.441. The average molecular weight is 569 g/mol. The number of hydrogen-bond donors (Lipinski definition) is 2. The van der Waals surface area contributed by atoms with E-state index in [0.29, 0.717) is 66.7 Å². The minimum absolute atomic E-state index is 0.0773. The van der Waals surface area contributed by atoms with Gasteiger partial charge in [0.05, 0.1) is 24.3 Å². The normalized spacial score (nSPS) is 23.1. The number of carbonyl (C=O) groups excluding carboxylic acids is 1. The summed E-state index contributed by atoms with van der Waals surface area (Å²) in [5.74, 6) is 1.85. The van der Waals surface area contributed by atoms with E-state index in [1.165, 1.54) is 0 Å². The third-order valence-corrected chi connectivity index (χ3v) is 8.35. The van der Waals surface area contributed by atoms with Gasteiger partial charge in [-0.25, -0.2) is 13.4 Å². The maximum Gasteiger partial charge on any atom is 0.242 e. The summed E-state index contributed by atoms with van der Waals surface area (Å²) in [7, 11) is -3.69. The first-order valence-electron chi connectivity index (χ1n) is 13.3. The van der Waals surface area contributed by atoms with Gasteiger partial charge in [-0.3, -0.25) is 9.52 Å². The summed E-state index contributed by atoms with van der Waals surface area (Å²) in [6.45, 7) is 9.90. The van der Waals surface area contributed by atoms with Crippen LogP contribution >= 0.6 is 0 Å². The van der Waals surface area contributed by atoms with Gasteiger partial charge < -0.3 is 19.3 Å². The van der Waals surface area contributed by atoms with Crippen LogP contribution in [0.15, 0.2) is 72.5 Å². The van der Waals surface area contributed by atoms with Crippen LogP contribution in [0, 0.1) is 6.92 Å². The SMILES string of the molecule is C=C1CC[C@@H](Oc2ccc(C3CC(=O)NS3(=O)=O)cc2)C/C=C\C=C/1Oc1ccc(OCCC(C)(C)O)nc1C. The lowest BCUT2D eigenvalue weighted by molar-refractivity contribution is -0.118. The molecule has 2 N–H and O–H groups in total. The Kier molecular flexibility index (Phi) is 9.00. The van der Waals surface area contributed by atoms with Crippen molar-refractivity contribution in [3.8, 4) is 17.4 Å². The second kappa shape index (κ2) is 12.3. The van der Waals surface area contributed by atoms with Gasteiger partial charge in [0.1, 0.15) is 28.6 Å². The van der Waals surface area contributed by atoms with Crippen LogP contribution in [0.4, 0.5) is 0 Å². The zero-order chi connectivity index (χ0) is 28.9. The Morgan fingerprint density at radius 3 is 2.58 bits per heavy atom. The summed E-state index contributed by atoms with van der Waals surface area (Å²) in [5, 5.41) is 8.97. The largest absolute Gasteiger partial charge is 0.490 e. The maximum absolute atomic E-state index is 12.1. The molecule has 4 rings (SSSR count). The minimum atomic E-state index is -3.69. The number of hydrogen-bond acceptors (Lipinski definition) is 8. The maximum atomic E-state index is 12.1. The van der Waals surface area contributed by atoms with Gasteiger partial charge in [0, 0.05) is 18.9 Å². The Morgan fingerprint density at radius 1 is 1.18 bits per heavy atom. The molecule has 1 unspecified atom stereocenters. The highest BCUT2D eigenvalue weighted by Gasteiger charge is 2.37. The van der Waals surface area contributed by atoms with Gasteiger partial charge in [-0.1, -0.05) is 30.9 Å². The smallest absolute Gasteiger partial charge is 0.242 e. The number of benzene rings is 1. The summed E-state index contributed by atoms with van der Waals surface area (Å²) in [6, 6.07) is 10.4. The zero-order valence-electron chi connectivity index (χ0n) is 23.1. The molecule has 0 saturated carbocycles. The highest BCUT2D eigenvalue weighted by Crippen LogP contribution is 2.32. The summed E-state index contributed by atoms with van der Waals surface area (Å²) in [4.78, 5) is 16.0. The number of rotatable bonds is 9. The van der Waals surface area contributed by atoms with E-state index in [-0.39, 0.29) is 12.5 Å². The molecule has 9 nitrogen and oxygen atoms in total. The molecule has 2 atom stereocenters. The zero-order valence-corrected chi connectivity index (χ0v) is 23.9. The number of aromatic nitrogens is 1. The fourth-order valence-corrected chi connectivity index (χ4v) is 5.76. The molecule has 0 spiro atoms. The van der Waals surface area contributed by atoms with Crippen LogP contribution in [0.1, 0.15) is 62.5 Å². The lowest BCUT2D eigenvalue weighted by Gasteiger charge is -2.19. The van der Waals surface area contributed by atoms with E-state index >= 15 is 0 Å². The first kappa shape index (κ1) is 29.4. The van der Waals surface area contributed by atoms with Crippen molar-refractivity contribution in [2.24, 2.45) is 0 Å². The van der Waals surface area contributed by atoms with Crippen LogP contribution in [0.3, 0.4) is 0 Å². The number of pyridine rings is 1. The van der Waals surface area contributed by atoms with E-state index in [1.807, 2.05) is 35.9 Å². The van der Waals surface area contributed by atoms with Crippen LogP contribution in [0.25, 0.3) is 0 Å². The van der Waals surface area contributed by atoms with Gasteiger partial charge >= 0.3 is 0 Å². The fourth-order valence-electron chi connectivity index (χ4n) is 4.33. The van der Waals surface area contributed by atoms with E-state index < -0.39 is 26.8 Å². The highest BCUT2D eigenvalue weighted by molar-refractivity contribution is 7.90. The predicted octanol–water partition coefficient (Wildman–Crippen LogP) is 4.83. The average Bonchev–Trinajstić information content (AvgIpc) is 3.19. The van der Waals surface area contributed by atoms with E-state index in [0.717, 1.165) is 5.57 Å². The summed E-state index contributed by atoms with van der Waals surface area (Å²) in [6.07, 6.45) is 8.12. The molecule has 214 valence electrons. The Hall–Kier alpha value is -3.63. The van der Waals surface area contributed by atoms with Gasteiger partial charge in [-0.2, -0.15) is 0 Å². The predicted molar refractivity (Wildman–Crippen MR) is 152 cm³/mol. The van der Waals surface area contributed by atoms with Crippen molar-refractivity contribution >= 4 is 15.9 Å². The van der Waals surface area contributed by atoms with Gasteiger partial charge in [0.25, 0.3) is 0 Å². The molecular formula is C30H36N2O7S. The molecule has 2 aliphatic rings. The number of nitrogens with one attached hydrogen (secondary N) is 1. The molecule has 0 bridgehead atoms. The van der Waals surface area contributed by atoms with Crippen LogP contribution in [0.2, 0.25) is 0 Å². The summed E-state index contributed by atoms with van der Waals surface area (Å²) < 4.78 is 44.4. The Balaban J connectivity index is 1.33. The van der Waals surface area contributed by atoms with E-state index in [1.54, 1.807) is 44.2 Å². The molecular weight excluding hydrogens is 532 g/mol. The number of aryl methyl sites for hydroxylation is 1. The van der Waals surface area contributed by atoms with Gasteiger partial charge in [-0.05, 0) is 69.0 Å². The number of nitrogens with zero attached hydrogens (tertiary/aromatic N) is 1. The number of ether oxygens (including phenoxy) is 3. The Bertz CT molecular complexity index is 1410. The summed E-state index contributed by atoms with van der Waals surface area (Å²) >= 11 is 0. The number of carbonyl (C=O) groups is 1. The molecule has 1 fully saturated rings. The standard InChI is InChI=1S/C30H36N2O7S/c1-20-9-12-23(38-24-13-10-22(11-14-24)27-19-28(33)32-40(27,35)36)7-5-6-8-25(20)39-26-15-16-29(31-21(26)2)37-18-17-30(3,4)34/h5-6,8,10-11,13-16,23,27,34H,1,7,9,12,17-19H2,2-4H3,(H,32,33)/b6-5-,25-8+/t23-,27?/m0/s1. The van der Waals surface area contributed by atoms with Crippen LogP contribution in [0.5, 0.6) is 17.4 Å². The van der Waals surface area contributed by atoms with E-state index in [2.05, 4.69) is 11.6 Å². The van der Waals surface area contributed by atoms with Gasteiger partial charge in [0.15, 0.2) is 0 Å². The molecule has 1 amide bonds. The second-order valence-electron chi connectivity index (χ2n) is 10.7. The molecule has 2 heterocycles. The molecule has 1 aliphatic heterocycles. The lowest BCUT2D eigenvalue weighted by atomic mass is 10.1. The Labute approximate surface area is 235 Å². The van der Waals surface area contributed by atoms with Crippen LogP contribution in [-0.4, -0.2) is 42.7 Å². The van der Waals surface area contributed by atoms with Crippen molar-refractivity contribution in [1.82, 2.24) is 9.71 Å². The third-order valence-electron chi connectivity index (χ3n) is 6.65. The van der Waals surface area contributed by atoms with Crippen molar-refractivity contribution in [2.75, 3.05) is 6.61 Å². The van der Waals surface area contributed by atoms with Crippen LogP contribution in [-0.2, 0) is 14.8 Å². The fraction of sp³-hybridized carbons (Fsp3) is 0.400. The number of allylic oxidation sites excluding steroid dienone is 3. The van der Waals surface area contributed by atoms with Gasteiger partial charge in [0.2, 0.25) is 21.8 Å². The lowest BCUT2D eigenvalue weighted by Crippen LogP contribution is -2.22.